The van der Waals surface area contributed by atoms with Crippen molar-refractivity contribution in [3.63, 3.8) is 0 Å². The number of alkyl halides is 3. The predicted octanol–water partition coefficient (Wildman–Crippen LogP) is 2.82. The van der Waals surface area contributed by atoms with Crippen molar-refractivity contribution < 1.29 is 17.9 Å². The Morgan fingerprint density at radius 1 is 1.05 bits per heavy atom. The van der Waals surface area contributed by atoms with E-state index in [0.29, 0.717) is 22.8 Å². The van der Waals surface area contributed by atoms with Gasteiger partial charge in [0.15, 0.2) is 11.6 Å². The minimum absolute atomic E-state index is 0.345. The summed E-state index contributed by atoms with van der Waals surface area (Å²) in [6, 6.07) is 6.29. The smallest absolute Gasteiger partial charge is 0.416 e. The number of aromatic nitrogens is 4. The maximum atomic E-state index is 12.6. The van der Waals surface area contributed by atoms with Crippen LogP contribution in [0.25, 0.3) is 17.0 Å². The molecular weight excluding hydrogens is 285 g/mol. The van der Waals surface area contributed by atoms with Gasteiger partial charge in [-0.1, -0.05) is 12.1 Å². The monoisotopic (exact) mass is 294 g/mol. The van der Waals surface area contributed by atoms with E-state index in [-0.39, 0.29) is 0 Å². The lowest BCUT2D eigenvalue weighted by Crippen LogP contribution is -2.04. The molecule has 1 aromatic carbocycles. The van der Waals surface area contributed by atoms with Crippen LogP contribution in [0.4, 0.5) is 13.2 Å². The average Bonchev–Trinajstić information content (AvgIpc) is 2.90. The van der Waals surface area contributed by atoms with E-state index in [0.717, 1.165) is 12.1 Å². The van der Waals surface area contributed by atoms with Gasteiger partial charge in [-0.15, -0.1) is 10.2 Å². The molecule has 3 aromatic rings. The number of fused-ring (bicyclic) bond motifs is 1. The lowest BCUT2D eigenvalue weighted by atomic mass is 10.1. The molecule has 0 saturated heterocycles. The quantitative estimate of drug-likeness (QED) is 0.729. The van der Waals surface area contributed by atoms with Crippen molar-refractivity contribution in [2.24, 2.45) is 0 Å². The van der Waals surface area contributed by atoms with Gasteiger partial charge in [0.2, 0.25) is 5.65 Å². The first-order valence-electron chi connectivity index (χ1n) is 5.93. The predicted molar refractivity (Wildman–Crippen MR) is 67.8 cm³/mol. The fraction of sp³-hybridized carbons (Fsp3) is 0.154. The van der Waals surface area contributed by atoms with Crippen molar-refractivity contribution in [3.05, 3.63) is 42.1 Å². The van der Waals surface area contributed by atoms with E-state index in [1.807, 2.05) is 0 Å². The SMILES string of the molecule is COc1ccnn2c(-c3ccc(C(F)(F)F)cc3)nnc12. The van der Waals surface area contributed by atoms with Crippen LogP contribution in [0, 0.1) is 0 Å². The highest BCUT2D eigenvalue weighted by atomic mass is 19.4. The van der Waals surface area contributed by atoms with Crippen molar-refractivity contribution in [2.75, 3.05) is 7.11 Å². The molecule has 0 aliphatic rings. The summed E-state index contributed by atoms with van der Waals surface area (Å²) in [7, 11) is 1.49. The Morgan fingerprint density at radius 2 is 1.76 bits per heavy atom. The number of rotatable bonds is 2. The Morgan fingerprint density at radius 3 is 2.38 bits per heavy atom. The van der Waals surface area contributed by atoms with Gasteiger partial charge >= 0.3 is 6.18 Å². The van der Waals surface area contributed by atoms with Gasteiger partial charge in [-0.25, -0.2) is 0 Å². The zero-order valence-corrected chi connectivity index (χ0v) is 10.8. The molecule has 0 aliphatic heterocycles. The first-order valence-corrected chi connectivity index (χ1v) is 5.93. The Labute approximate surface area is 117 Å². The normalized spacial score (nSPS) is 11.8. The second kappa shape index (κ2) is 4.72. The number of hydrogen-bond acceptors (Lipinski definition) is 4. The number of ether oxygens (including phenoxy) is 1. The van der Waals surface area contributed by atoms with Crippen LogP contribution in [0.3, 0.4) is 0 Å². The molecular formula is C13H9F3N4O. The van der Waals surface area contributed by atoms with Gasteiger partial charge in [0.25, 0.3) is 0 Å². The van der Waals surface area contributed by atoms with Crippen LogP contribution in [0.15, 0.2) is 36.5 Å². The molecule has 0 fully saturated rings. The van der Waals surface area contributed by atoms with Crippen LogP contribution in [0.5, 0.6) is 5.75 Å². The largest absolute Gasteiger partial charge is 0.493 e. The molecule has 2 aromatic heterocycles. The van der Waals surface area contributed by atoms with Gasteiger partial charge in [-0.05, 0) is 12.1 Å². The second-order valence-corrected chi connectivity index (χ2v) is 4.23. The first-order chi connectivity index (χ1) is 10.0. The van der Waals surface area contributed by atoms with E-state index in [1.54, 1.807) is 6.07 Å². The molecule has 0 radical (unpaired) electrons. The first kappa shape index (κ1) is 13.3. The highest BCUT2D eigenvalue weighted by molar-refractivity contribution is 5.62. The van der Waals surface area contributed by atoms with E-state index < -0.39 is 11.7 Å². The molecule has 0 N–H and O–H groups in total. The zero-order valence-electron chi connectivity index (χ0n) is 10.8. The van der Waals surface area contributed by atoms with Crippen molar-refractivity contribution in [2.45, 2.75) is 6.18 Å². The van der Waals surface area contributed by atoms with Crippen molar-refractivity contribution in [3.8, 4) is 17.1 Å². The molecule has 0 bridgehead atoms. The zero-order chi connectivity index (χ0) is 15.0. The maximum Gasteiger partial charge on any atom is 0.416 e. The molecule has 8 heteroatoms. The molecule has 108 valence electrons. The third-order valence-corrected chi connectivity index (χ3v) is 2.96. The molecule has 5 nitrogen and oxygen atoms in total. The van der Waals surface area contributed by atoms with Crippen molar-refractivity contribution >= 4 is 5.65 Å². The third-order valence-electron chi connectivity index (χ3n) is 2.96. The third kappa shape index (κ3) is 2.28. The molecule has 0 aliphatic carbocycles. The number of methoxy groups -OCH3 is 1. The highest BCUT2D eigenvalue weighted by Crippen LogP contribution is 2.31. The van der Waals surface area contributed by atoms with Crippen molar-refractivity contribution in [1.82, 2.24) is 19.8 Å². The van der Waals surface area contributed by atoms with Gasteiger partial charge in [-0.2, -0.15) is 22.8 Å². The summed E-state index contributed by atoms with van der Waals surface area (Å²) < 4.78 is 44.2. The number of hydrogen-bond donors (Lipinski definition) is 0. The van der Waals surface area contributed by atoms with Crippen molar-refractivity contribution in [1.29, 1.82) is 0 Å². The summed E-state index contributed by atoms with van der Waals surface area (Å²) in [6.45, 7) is 0. The molecule has 0 atom stereocenters. The van der Waals surface area contributed by atoms with E-state index in [2.05, 4.69) is 15.3 Å². The fourth-order valence-electron chi connectivity index (χ4n) is 1.93. The van der Waals surface area contributed by atoms with E-state index in [1.165, 1.54) is 30.0 Å². The summed E-state index contributed by atoms with van der Waals surface area (Å²) in [5.41, 5.74) is 0.164. The van der Waals surface area contributed by atoms with Crippen LogP contribution in [-0.4, -0.2) is 26.9 Å². The average molecular weight is 294 g/mol. The van der Waals surface area contributed by atoms with Gasteiger partial charge in [0.05, 0.1) is 18.9 Å². The minimum atomic E-state index is -4.37. The van der Waals surface area contributed by atoms with Gasteiger partial charge in [0, 0.05) is 11.6 Å². The molecule has 3 rings (SSSR count). The lowest BCUT2D eigenvalue weighted by Gasteiger charge is -2.06. The Kier molecular flexibility index (Phi) is 3.00. The number of halogens is 3. The van der Waals surface area contributed by atoms with Crippen LogP contribution in [-0.2, 0) is 6.18 Å². The van der Waals surface area contributed by atoms with E-state index >= 15 is 0 Å². The molecule has 0 amide bonds. The van der Waals surface area contributed by atoms with Crippen LogP contribution in [0.2, 0.25) is 0 Å². The maximum absolute atomic E-state index is 12.6. The summed E-state index contributed by atoms with van der Waals surface area (Å²) in [6.07, 6.45) is -2.87. The fourth-order valence-corrected chi connectivity index (χ4v) is 1.93. The van der Waals surface area contributed by atoms with Crippen LogP contribution in [0.1, 0.15) is 5.56 Å². The van der Waals surface area contributed by atoms with Crippen LogP contribution < -0.4 is 4.74 Å². The molecule has 0 saturated carbocycles. The summed E-state index contributed by atoms with van der Waals surface area (Å²) in [5.74, 6) is 0.827. The van der Waals surface area contributed by atoms with Crippen LogP contribution >= 0.6 is 0 Å². The molecule has 0 spiro atoms. The topological polar surface area (TPSA) is 52.3 Å². The summed E-state index contributed by atoms with van der Waals surface area (Å²) in [4.78, 5) is 0. The number of nitrogens with zero attached hydrogens (tertiary/aromatic N) is 4. The standard InChI is InChI=1S/C13H9F3N4O/c1-21-10-6-7-17-20-11(18-19-12(10)20)8-2-4-9(5-3-8)13(14,15)16/h2-7H,1H3. The molecule has 2 heterocycles. The summed E-state index contributed by atoms with van der Waals surface area (Å²) in [5, 5.41) is 12.0. The Hall–Kier alpha value is -2.64. The Bertz CT molecular complexity index is 780. The highest BCUT2D eigenvalue weighted by Gasteiger charge is 2.30. The second-order valence-electron chi connectivity index (χ2n) is 4.23. The van der Waals surface area contributed by atoms with Gasteiger partial charge in [0.1, 0.15) is 0 Å². The Balaban J connectivity index is 2.09. The van der Waals surface area contributed by atoms with E-state index in [4.69, 9.17) is 4.74 Å². The molecule has 21 heavy (non-hydrogen) atoms. The summed E-state index contributed by atoms with van der Waals surface area (Å²) >= 11 is 0. The van der Waals surface area contributed by atoms with Gasteiger partial charge in [-0.3, -0.25) is 0 Å². The number of benzene rings is 1. The van der Waals surface area contributed by atoms with E-state index in [9.17, 15) is 13.2 Å². The lowest BCUT2D eigenvalue weighted by molar-refractivity contribution is -0.137. The minimum Gasteiger partial charge on any atom is -0.493 e. The van der Waals surface area contributed by atoms with Gasteiger partial charge < -0.3 is 4.74 Å². The molecule has 0 unspecified atom stereocenters.